The zero-order valence-electron chi connectivity index (χ0n) is 12.2. The molecule has 1 aromatic carbocycles. The minimum absolute atomic E-state index is 0.00968. The van der Waals surface area contributed by atoms with Gasteiger partial charge >= 0.3 is 0 Å². The highest BCUT2D eigenvalue weighted by Gasteiger charge is 2.42. The number of ether oxygens (including phenoxy) is 1. The fourth-order valence-electron chi connectivity index (χ4n) is 3.14. The first-order valence-corrected chi connectivity index (χ1v) is 7.26. The molecule has 0 spiro atoms. The second-order valence-electron chi connectivity index (χ2n) is 5.69. The van der Waals surface area contributed by atoms with Gasteiger partial charge in [-0.1, -0.05) is 12.1 Å². The Morgan fingerprint density at radius 1 is 1.32 bits per heavy atom. The fourth-order valence-corrected chi connectivity index (χ4v) is 3.14. The van der Waals surface area contributed by atoms with Crippen LogP contribution >= 0.6 is 0 Å². The Morgan fingerprint density at radius 2 is 2.14 bits per heavy atom. The van der Waals surface area contributed by atoms with Gasteiger partial charge in [0.05, 0.1) is 12.1 Å². The van der Waals surface area contributed by atoms with Gasteiger partial charge in [-0.05, 0) is 17.7 Å². The predicted octanol–water partition coefficient (Wildman–Crippen LogP) is 1.56. The lowest BCUT2D eigenvalue weighted by Gasteiger charge is -2.36. The van der Waals surface area contributed by atoms with E-state index in [2.05, 4.69) is 11.5 Å². The first kappa shape index (κ1) is 15.1. The Labute approximate surface area is 128 Å². The van der Waals surface area contributed by atoms with E-state index >= 15 is 0 Å². The molecule has 0 saturated carbocycles. The molecule has 2 saturated heterocycles. The third-order valence-electron chi connectivity index (χ3n) is 4.17. The fraction of sp³-hybridized carbons (Fsp3) is 0.438. The van der Waals surface area contributed by atoms with E-state index in [1.165, 1.54) is 6.07 Å². The SMILES string of the molecule is C=CCN1C(=O)CO[C@@H]2CN(Cc3ccc(F)c(F)c3)C[C@H]21. The molecule has 4 nitrogen and oxygen atoms in total. The number of nitrogens with zero attached hydrogens (tertiary/aromatic N) is 2. The molecule has 1 amide bonds. The van der Waals surface area contributed by atoms with Crippen molar-refractivity contribution in [2.24, 2.45) is 0 Å². The molecular formula is C16H18F2N2O2. The third kappa shape index (κ3) is 2.89. The summed E-state index contributed by atoms with van der Waals surface area (Å²) in [6, 6.07) is 3.92. The van der Waals surface area contributed by atoms with Crippen molar-refractivity contribution in [2.75, 3.05) is 26.2 Å². The van der Waals surface area contributed by atoms with Gasteiger partial charge in [-0.25, -0.2) is 8.78 Å². The van der Waals surface area contributed by atoms with Crippen molar-refractivity contribution in [2.45, 2.75) is 18.7 Å². The Hall–Kier alpha value is -1.79. The largest absolute Gasteiger partial charge is 0.365 e. The van der Waals surface area contributed by atoms with Crippen molar-refractivity contribution in [3.05, 3.63) is 48.1 Å². The number of rotatable bonds is 4. The third-order valence-corrected chi connectivity index (χ3v) is 4.17. The molecule has 2 fully saturated rings. The molecule has 118 valence electrons. The molecule has 3 rings (SSSR count). The lowest BCUT2D eigenvalue weighted by Crippen LogP contribution is -2.53. The highest BCUT2D eigenvalue weighted by Crippen LogP contribution is 2.25. The Morgan fingerprint density at radius 3 is 2.86 bits per heavy atom. The smallest absolute Gasteiger partial charge is 0.249 e. The number of benzene rings is 1. The summed E-state index contributed by atoms with van der Waals surface area (Å²) in [5, 5.41) is 0. The average Bonchev–Trinajstić information content (AvgIpc) is 2.89. The highest BCUT2D eigenvalue weighted by molar-refractivity contribution is 5.79. The van der Waals surface area contributed by atoms with E-state index in [0.29, 0.717) is 31.7 Å². The Balaban J connectivity index is 1.69. The standard InChI is InChI=1S/C16H18F2N2O2/c1-2-5-20-14-8-19(9-15(14)22-10-16(20)21)7-11-3-4-12(17)13(18)6-11/h2-4,6,14-15H,1,5,7-10H2/t14-,15-/m1/s1. The first-order valence-electron chi connectivity index (χ1n) is 7.26. The molecule has 22 heavy (non-hydrogen) atoms. The summed E-state index contributed by atoms with van der Waals surface area (Å²) in [5.41, 5.74) is 0.708. The van der Waals surface area contributed by atoms with E-state index < -0.39 is 11.6 Å². The van der Waals surface area contributed by atoms with E-state index in [0.717, 1.165) is 6.07 Å². The molecule has 0 bridgehead atoms. The van der Waals surface area contributed by atoms with Gasteiger partial charge in [0.1, 0.15) is 6.61 Å². The maximum Gasteiger partial charge on any atom is 0.249 e. The summed E-state index contributed by atoms with van der Waals surface area (Å²) in [6.45, 7) is 6.11. The van der Waals surface area contributed by atoms with Crippen LogP contribution in [0.4, 0.5) is 8.78 Å². The Bertz CT molecular complexity index is 594. The summed E-state index contributed by atoms with van der Waals surface area (Å²) in [4.78, 5) is 15.8. The van der Waals surface area contributed by atoms with Crippen LogP contribution in [0, 0.1) is 11.6 Å². The second-order valence-corrected chi connectivity index (χ2v) is 5.69. The lowest BCUT2D eigenvalue weighted by atomic mass is 10.1. The molecule has 0 unspecified atom stereocenters. The maximum atomic E-state index is 13.3. The molecule has 2 atom stereocenters. The molecule has 2 aliphatic rings. The van der Waals surface area contributed by atoms with E-state index in [9.17, 15) is 13.6 Å². The van der Waals surface area contributed by atoms with Crippen LogP contribution in [-0.4, -0.2) is 54.1 Å². The molecule has 0 radical (unpaired) electrons. The van der Waals surface area contributed by atoms with Gasteiger partial charge in [-0.2, -0.15) is 0 Å². The van der Waals surface area contributed by atoms with Crippen LogP contribution in [0.5, 0.6) is 0 Å². The van der Waals surface area contributed by atoms with Crippen LogP contribution in [0.3, 0.4) is 0 Å². The first-order chi connectivity index (χ1) is 10.6. The van der Waals surface area contributed by atoms with Gasteiger partial charge in [-0.15, -0.1) is 6.58 Å². The summed E-state index contributed by atoms with van der Waals surface area (Å²) in [6.07, 6.45) is 1.67. The molecule has 2 heterocycles. The zero-order chi connectivity index (χ0) is 15.7. The summed E-state index contributed by atoms with van der Waals surface area (Å²) < 4.78 is 31.9. The van der Waals surface area contributed by atoms with Crippen molar-refractivity contribution < 1.29 is 18.3 Å². The van der Waals surface area contributed by atoms with Crippen molar-refractivity contribution in [3.8, 4) is 0 Å². The molecule has 0 aliphatic carbocycles. The van der Waals surface area contributed by atoms with Crippen LogP contribution in [0.1, 0.15) is 5.56 Å². The van der Waals surface area contributed by atoms with Gasteiger partial charge < -0.3 is 9.64 Å². The highest BCUT2D eigenvalue weighted by atomic mass is 19.2. The number of carbonyl (C=O) groups excluding carboxylic acids is 1. The lowest BCUT2D eigenvalue weighted by molar-refractivity contribution is -0.151. The van der Waals surface area contributed by atoms with Gasteiger partial charge in [0.25, 0.3) is 0 Å². The number of carbonyl (C=O) groups is 1. The van der Waals surface area contributed by atoms with Gasteiger partial charge in [0.2, 0.25) is 5.91 Å². The molecule has 6 heteroatoms. The van der Waals surface area contributed by atoms with Crippen LogP contribution in [-0.2, 0) is 16.1 Å². The average molecular weight is 308 g/mol. The molecule has 2 aliphatic heterocycles. The molecular weight excluding hydrogens is 290 g/mol. The van der Waals surface area contributed by atoms with Gasteiger partial charge in [-0.3, -0.25) is 9.69 Å². The van der Waals surface area contributed by atoms with Gasteiger partial charge in [0.15, 0.2) is 11.6 Å². The number of hydrogen-bond acceptors (Lipinski definition) is 3. The normalized spacial score (nSPS) is 25.4. The minimum Gasteiger partial charge on any atom is -0.365 e. The van der Waals surface area contributed by atoms with E-state index in [4.69, 9.17) is 4.74 Å². The van der Waals surface area contributed by atoms with E-state index in [-0.39, 0.29) is 24.7 Å². The topological polar surface area (TPSA) is 32.8 Å². The van der Waals surface area contributed by atoms with Crippen LogP contribution < -0.4 is 0 Å². The number of likely N-dealkylation sites (tertiary alicyclic amines) is 1. The minimum atomic E-state index is -0.843. The summed E-state index contributed by atoms with van der Waals surface area (Å²) in [5.74, 6) is -1.71. The van der Waals surface area contributed by atoms with Crippen LogP contribution in [0.25, 0.3) is 0 Å². The van der Waals surface area contributed by atoms with Crippen LogP contribution in [0.2, 0.25) is 0 Å². The quantitative estimate of drug-likeness (QED) is 0.792. The molecule has 1 aromatic rings. The van der Waals surface area contributed by atoms with Crippen molar-refractivity contribution in [1.82, 2.24) is 9.80 Å². The van der Waals surface area contributed by atoms with Crippen molar-refractivity contribution in [1.29, 1.82) is 0 Å². The van der Waals surface area contributed by atoms with E-state index in [1.54, 1.807) is 17.0 Å². The summed E-state index contributed by atoms with van der Waals surface area (Å²) >= 11 is 0. The molecule has 0 aromatic heterocycles. The predicted molar refractivity (Wildman–Crippen MR) is 77.1 cm³/mol. The monoisotopic (exact) mass is 308 g/mol. The number of amides is 1. The Kier molecular flexibility index (Phi) is 4.22. The number of halogens is 2. The van der Waals surface area contributed by atoms with Crippen molar-refractivity contribution >= 4 is 5.91 Å². The molecule has 0 N–H and O–H groups in total. The number of hydrogen-bond donors (Lipinski definition) is 0. The number of fused-ring (bicyclic) bond motifs is 1. The number of morpholine rings is 1. The van der Waals surface area contributed by atoms with Crippen molar-refractivity contribution in [3.63, 3.8) is 0 Å². The second kappa shape index (κ2) is 6.14. The van der Waals surface area contributed by atoms with Gasteiger partial charge in [0, 0.05) is 26.2 Å². The summed E-state index contributed by atoms with van der Waals surface area (Å²) in [7, 11) is 0. The zero-order valence-corrected chi connectivity index (χ0v) is 12.2. The van der Waals surface area contributed by atoms with E-state index in [1.807, 2.05) is 0 Å². The van der Waals surface area contributed by atoms with Crippen LogP contribution in [0.15, 0.2) is 30.9 Å². The maximum absolute atomic E-state index is 13.3.